The first-order valence-electron chi connectivity index (χ1n) is 8.61. The molecule has 4 aromatic carbocycles. The molecule has 0 heterocycles. The minimum atomic E-state index is 0.846. The summed E-state index contributed by atoms with van der Waals surface area (Å²) in [5.74, 6) is 0.846. The molecule has 126 valence electrons. The van der Waals surface area contributed by atoms with Crippen LogP contribution in [0, 0.1) is 0 Å². The molecule has 0 amide bonds. The lowest BCUT2D eigenvalue weighted by Crippen LogP contribution is -1.94. The fourth-order valence-electron chi connectivity index (χ4n) is 3.22. The molecule has 4 aromatic rings. The molecule has 0 spiro atoms. The molecule has 2 nitrogen and oxygen atoms in total. The number of hydrogen-bond acceptors (Lipinski definition) is 2. The first-order valence-corrected chi connectivity index (χ1v) is 8.61. The zero-order chi connectivity index (χ0) is 17.8. The van der Waals surface area contributed by atoms with E-state index < -0.39 is 0 Å². The molecule has 2 heteroatoms. The number of ether oxygens (including phenoxy) is 1. The van der Waals surface area contributed by atoms with Crippen LogP contribution in [0.3, 0.4) is 0 Å². The number of rotatable bonds is 4. The second-order valence-electron chi connectivity index (χ2n) is 6.04. The van der Waals surface area contributed by atoms with Gasteiger partial charge in [-0.3, -0.25) is 4.99 Å². The molecule has 26 heavy (non-hydrogen) atoms. The van der Waals surface area contributed by atoms with Crippen molar-refractivity contribution in [2.75, 3.05) is 7.11 Å². The lowest BCUT2D eigenvalue weighted by atomic mass is 9.94. The number of nitrogens with zero attached hydrogens (tertiary/aromatic N) is 1. The van der Waals surface area contributed by atoms with Gasteiger partial charge >= 0.3 is 0 Å². The van der Waals surface area contributed by atoms with Crippen LogP contribution >= 0.6 is 0 Å². The number of hydrogen-bond donors (Lipinski definition) is 0. The van der Waals surface area contributed by atoms with Crippen molar-refractivity contribution < 1.29 is 4.74 Å². The molecule has 0 saturated carbocycles. The Bertz CT molecular complexity index is 1060. The Kier molecular flexibility index (Phi) is 4.48. The van der Waals surface area contributed by atoms with Crippen LogP contribution in [0.2, 0.25) is 0 Å². The molecular weight excluding hydrogens is 318 g/mol. The van der Waals surface area contributed by atoms with Crippen LogP contribution in [0.1, 0.15) is 5.56 Å². The summed E-state index contributed by atoms with van der Waals surface area (Å²) in [5, 5.41) is 2.41. The molecular formula is C24H19NO. The molecule has 0 aliphatic rings. The highest BCUT2D eigenvalue weighted by Crippen LogP contribution is 2.37. The van der Waals surface area contributed by atoms with Crippen molar-refractivity contribution in [3.63, 3.8) is 0 Å². The maximum absolute atomic E-state index is 5.68. The summed E-state index contributed by atoms with van der Waals surface area (Å²) in [4.78, 5) is 4.64. The number of para-hydroxylation sites is 1. The zero-order valence-corrected chi connectivity index (χ0v) is 14.6. The summed E-state index contributed by atoms with van der Waals surface area (Å²) in [5.41, 5.74) is 4.17. The average molecular weight is 337 g/mol. The van der Waals surface area contributed by atoms with Gasteiger partial charge in [-0.25, -0.2) is 0 Å². The predicted octanol–water partition coefficient (Wildman–Crippen LogP) is 6.27. The van der Waals surface area contributed by atoms with Crippen LogP contribution in [0.25, 0.3) is 21.9 Å². The maximum Gasteiger partial charge on any atom is 0.127 e. The molecule has 0 radical (unpaired) electrons. The van der Waals surface area contributed by atoms with Crippen LogP contribution in [-0.2, 0) is 0 Å². The molecule has 0 saturated heterocycles. The number of fused-ring (bicyclic) bond motifs is 1. The molecule has 0 fully saturated rings. The van der Waals surface area contributed by atoms with Gasteiger partial charge in [0, 0.05) is 17.3 Å². The Morgan fingerprint density at radius 2 is 1.46 bits per heavy atom. The number of aliphatic imine (C=N–C) groups is 1. The van der Waals surface area contributed by atoms with Gasteiger partial charge in [-0.05, 0) is 34.5 Å². The maximum atomic E-state index is 5.68. The quantitative estimate of drug-likeness (QED) is 0.402. The zero-order valence-electron chi connectivity index (χ0n) is 14.6. The third-order valence-corrected chi connectivity index (χ3v) is 4.45. The summed E-state index contributed by atoms with van der Waals surface area (Å²) in [7, 11) is 1.71. The lowest BCUT2D eigenvalue weighted by molar-refractivity contribution is 0.416. The molecule has 0 aliphatic carbocycles. The van der Waals surface area contributed by atoms with E-state index >= 15 is 0 Å². The summed E-state index contributed by atoms with van der Waals surface area (Å²) >= 11 is 0. The fraction of sp³-hybridized carbons (Fsp3) is 0.0417. The van der Waals surface area contributed by atoms with Crippen LogP contribution in [0.4, 0.5) is 5.69 Å². The standard InChI is InChI=1S/C24H19NO/c1-26-23-16-8-11-19(17-25-20-12-3-2-4-13-20)24(23)22-15-7-10-18-9-5-6-14-21(18)22/h2-17H,1H3. The SMILES string of the molecule is COc1cccc(C=Nc2ccccc2)c1-c1cccc2ccccc12. The highest BCUT2D eigenvalue weighted by molar-refractivity contribution is 6.03. The van der Waals surface area contributed by atoms with E-state index in [0.717, 1.165) is 28.1 Å². The van der Waals surface area contributed by atoms with Gasteiger partial charge in [0.15, 0.2) is 0 Å². The van der Waals surface area contributed by atoms with E-state index in [2.05, 4.69) is 53.5 Å². The van der Waals surface area contributed by atoms with E-state index in [-0.39, 0.29) is 0 Å². The molecule has 0 N–H and O–H groups in total. The van der Waals surface area contributed by atoms with Gasteiger partial charge in [-0.2, -0.15) is 0 Å². The molecule has 0 unspecified atom stereocenters. The van der Waals surface area contributed by atoms with Gasteiger partial charge in [-0.1, -0.05) is 72.8 Å². The smallest absolute Gasteiger partial charge is 0.127 e. The highest BCUT2D eigenvalue weighted by atomic mass is 16.5. The topological polar surface area (TPSA) is 21.6 Å². The Balaban J connectivity index is 1.91. The Hall–Kier alpha value is -3.39. The molecule has 4 rings (SSSR count). The van der Waals surface area contributed by atoms with Gasteiger partial charge in [0.05, 0.1) is 12.8 Å². The first kappa shape index (κ1) is 16.1. The van der Waals surface area contributed by atoms with E-state index in [1.54, 1.807) is 7.11 Å². The minimum Gasteiger partial charge on any atom is -0.496 e. The highest BCUT2D eigenvalue weighted by Gasteiger charge is 2.13. The van der Waals surface area contributed by atoms with Crippen molar-refractivity contribution in [2.24, 2.45) is 4.99 Å². The van der Waals surface area contributed by atoms with E-state index in [1.807, 2.05) is 48.7 Å². The van der Waals surface area contributed by atoms with Gasteiger partial charge in [-0.15, -0.1) is 0 Å². The first-order chi connectivity index (χ1) is 12.9. The molecule has 0 atom stereocenters. The van der Waals surface area contributed by atoms with E-state index in [9.17, 15) is 0 Å². The summed E-state index contributed by atoms with van der Waals surface area (Å²) in [6.07, 6.45) is 1.91. The summed E-state index contributed by atoms with van der Waals surface area (Å²) in [6, 6.07) is 30.8. The minimum absolute atomic E-state index is 0.846. The Morgan fingerprint density at radius 3 is 2.31 bits per heavy atom. The fourth-order valence-corrected chi connectivity index (χ4v) is 3.22. The van der Waals surface area contributed by atoms with Crippen LogP contribution in [0.15, 0.2) is 96.0 Å². The molecule has 0 aromatic heterocycles. The van der Waals surface area contributed by atoms with E-state index in [4.69, 9.17) is 4.74 Å². The Morgan fingerprint density at radius 1 is 0.731 bits per heavy atom. The summed E-state index contributed by atoms with van der Waals surface area (Å²) < 4.78 is 5.68. The van der Waals surface area contributed by atoms with Gasteiger partial charge in [0.1, 0.15) is 5.75 Å². The summed E-state index contributed by atoms with van der Waals surface area (Å²) in [6.45, 7) is 0. The number of methoxy groups -OCH3 is 1. The Labute approximate surface area is 153 Å². The average Bonchev–Trinajstić information content (AvgIpc) is 2.72. The van der Waals surface area contributed by atoms with Gasteiger partial charge in [0.2, 0.25) is 0 Å². The van der Waals surface area contributed by atoms with Crippen LogP contribution in [0.5, 0.6) is 5.75 Å². The van der Waals surface area contributed by atoms with Crippen molar-refractivity contribution >= 4 is 22.7 Å². The molecule has 0 aliphatic heterocycles. The third kappa shape index (κ3) is 3.09. The lowest BCUT2D eigenvalue weighted by Gasteiger charge is -2.14. The van der Waals surface area contributed by atoms with Crippen molar-refractivity contribution in [1.82, 2.24) is 0 Å². The van der Waals surface area contributed by atoms with Gasteiger partial charge in [0.25, 0.3) is 0 Å². The van der Waals surface area contributed by atoms with Crippen molar-refractivity contribution in [1.29, 1.82) is 0 Å². The van der Waals surface area contributed by atoms with Crippen LogP contribution < -0.4 is 4.74 Å². The largest absolute Gasteiger partial charge is 0.496 e. The predicted molar refractivity (Wildman–Crippen MR) is 110 cm³/mol. The van der Waals surface area contributed by atoms with Gasteiger partial charge < -0.3 is 4.74 Å². The normalized spacial score (nSPS) is 11.1. The van der Waals surface area contributed by atoms with Crippen molar-refractivity contribution in [2.45, 2.75) is 0 Å². The second-order valence-corrected chi connectivity index (χ2v) is 6.04. The molecule has 0 bridgehead atoms. The van der Waals surface area contributed by atoms with Crippen LogP contribution in [-0.4, -0.2) is 13.3 Å². The monoisotopic (exact) mass is 337 g/mol. The van der Waals surface area contributed by atoms with Crippen molar-refractivity contribution in [3.8, 4) is 16.9 Å². The van der Waals surface area contributed by atoms with E-state index in [0.29, 0.717) is 0 Å². The van der Waals surface area contributed by atoms with E-state index in [1.165, 1.54) is 10.8 Å². The second kappa shape index (κ2) is 7.24. The third-order valence-electron chi connectivity index (χ3n) is 4.45. The number of benzene rings is 4. The van der Waals surface area contributed by atoms with Crippen molar-refractivity contribution in [3.05, 3.63) is 96.6 Å².